The Hall–Kier alpha value is -2.78. The monoisotopic (exact) mass is 321 g/mol. The third-order valence-corrected chi connectivity index (χ3v) is 3.71. The van der Waals surface area contributed by atoms with Gasteiger partial charge in [0.25, 0.3) is 0 Å². The van der Waals surface area contributed by atoms with Crippen LogP contribution < -0.4 is 0 Å². The Kier molecular flexibility index (Phi) is 3.48. The van der Waals surface area contributed by atoms with E-state index in [4.69, 9.17) is 20.4 Å². The number of rotatable bonds is 3. The molecule has 0 aliphatic carbocycles. The van der Waals surface area contributed by atoms with E-state index in [1.54, 1.807) is 6.08 Å². The number of furan rings is 1. The topological polar surface area (TPSA) is 39.2 Å². The smallest absolute Gasteiger partial charge is 0.220 e. The molecule has 23 heavy (non-hydrogen) atoms. The number of oxazole rings is 1. The van der Waals surface area contributed by atoms with E-state index in [0.717, 1.165) is 28.2 Å². The van der Waals surface area contributed by atoms with Crippen molar-refractivity contribution in [1.82, 2.24) is 4.98 Å². The van der Waals surface area contributed by atoms with Crippen molar-refractivity contribution in [3.63, 3.8) is 0 Å². The molecule has 0 bridgehead atoms. The van der Waals surface area contributed by atoms with E-state index in [1.807, 2.05) is 66.7 Å². The Morgan fingerprint density at radius 1 is 0.826 bits per heavy atom. The van der Waals surface area contributed by atoms with Crippen molar-refractivity contribution >= 4 is 34.9 Å². The molecule has 0 N–H and O–H groups in total. The van der Waals surface area contributed by atoms with Gasteiger partial charge in [-0.15, -0.1) is 0 Å². The molecule has 0 saturated heterocycles. The summed E-state index contributed by atoms with van der Waals surface area (Å²) in [5.74, 6) is 2.08. The van der Waals surface area contributed by atoms with Gasteiger partial charge in [0.15, 0.2) is 5.58 Å². The summed E-state index contributed by atoms with van der Waals surface area (Å²) in [7, 11) is 0. The SMILES string of the molecule is Clc1ccc(-c2ccc(C=Cc3nc4ccccc4o3)o2)cc1. The standard InChI is InChI=1S/C19H12ClNO2/c20-14-7-5-13(6-8-14)17-11-9-15(22-17)10-12-19-21-16-3-1-2-4-18(16)23-19/h1-12H. The molecule has 2 aromatic heterocycles. The van der Waals surface area contributed by atoms with Gasteiger partial charge in [-0.3, -0.25) is 0 Å². The number of hydrogen-bond donors (Lipinski definition) is 0. The van der Waals surface area contributed by atoms with Gasteiger partial charge in [-0.25, -0.2) is 4.98 Å². The molecule has 0 amide bonds. The van der Waals surface area contributed by atoms with Crippen molar-refractivity contribution in [2.75, 3.05) is 0 Å². The maximum Gasteiger partial charge on any atom is 0.220 e. The normalized spacial score (nSPS) is 11.5. The van der Waals surface area contributed by atoms with E-state index in [9.17, 15) is 0 Å². The van der Waals surface area contributed by atoms with Crippen LogP contribution in [0, 0.1) is 0 Å². The van der Waals surface area contributed by atoms with Crippen LogP contribution in [-0.2, 0) is 0 Å². The summed E-state index contributed by atoms with van der Waals surface area (Å²) in [6.07, 6.45) is 3.63. The van der Waals surface area contributed by atoms with Crippen molar-refractivity contribution in [3.8, 4) is 11.3 Å². The fourth-order valence-electron chi connectivity index (χ4n) is 2.33. The van der Waals surface area contributed by atoms with E-state index in [0.29, 0.717) is 10.9 Å². The first kappa shape index (κ1) is 13.9. The molecule has 0 saturated carbocycles. The molecule has 0 aliphatic rings. The number of halogens is 1. The molecule has 3 nitrogen and oxygen atoms in total. The minimum atomic E-state index is 0.552. The van der Waals surface area contributed by atoms with Crippen LogP contribution in [0.1, 0.15) is 11.7 Å². The minimum absolute atomic E-state index is 0.552. The fourth-order valence-corrected chi connectivity index (χ4v) is 2.45. The van der Waals surface area contributed by atoms with E-state index >= 15 is 0 Å². The fraction of sp³-hybridized carbons (Fsp3) is 0. The third kappa shape index (κ3) is 2.91. The average molecular weight is 322 g/mol. The van der Waals surface area contributed by atoms with Gasteiger partial charge >= 0.3 is 0 Å². The average Bonchev–Trinajstić information content (AvgIpc) is 3.20. The van der Waals surface area contributed by atoms with Crippen LogP contribution in [0.2, 0.25) is 5.02 Å². The Morgan fingerprint density at radius 2 is 1.65 bits per heavy atom. The molecule has 4 rings (SSSR count). The second-order valence-corrected chi connectivity index (χ2v) is 5.50. The predicted molar refractivity (Wildman–Crippen MR) is 92.1 cm³/mol. The maximum atomic E-state index is 5.90. The molecular weight excluding hydrogens is 310 g/mol. The van der Waals surface area contributed by atoms with E-state index in [-0.39, 0.29) is 0 Å². The number of fused-ring (bicyclic) bond motifs is 1. The molecule has 0 atom stereocenters. The van der Waals surface area contributed by atoms with Crippen LogP contribution in [-0.4, -0.2) is 4.98 Å². The molecule has 0 spiro atoms. The van der Waals surface area contributed by atoms with Crippen LogP contribution in [0.15, 0.2) is 69.5 Å². The lowest BCUT2D eigenvalue weighted by Gasteiger charge is -1.96. The van der Waals surface area contributed by atoms with Gasteiger partial charge in [-0.2, -0.15) is 0 Å². The van der Waals surface area contributed by atoms with E-state index < -0.39 is 0 Å². The highest BCUT2D eigenvalue weighted by atomic mass is 35.5. The molecule has 0 aliphatic heterocycles. The van der Waals surface area contributed by atoms with Crippen LogP contribution in [0.5, 0.6) is 0 Å². The van der Waals surface area contributed by atoms with Crippen LogP contribution in [0.4, 0.5) is 0 Å². The van der Waals surface area contributed by atoms with Gasteiger partial charge in [0.05, 0.1) is 0 Å². The summed E-state index contributed by atoms with van der Waals surface area (Å²) in [6, 6.07) is 19.0. The molecule has 0 unspecified atom stereocenters. The summed E-state index contributed by atoms with van der Waals surface area (Å²) in [5, 5.41) is 0.705. The Bertz CT molecular complexity index is 947. The Labute approximate surface area is 137 Å². The van der Waals surface area contributed by atoms with E-state index in [1.165, 1.54) is 0 Å². The van der Waals surface area contributed by atoms with Crippen molar-refractivity contribution in [2.45, 2.75) is 0 Å². The summed E-state index contributed by atoms with van der Waals surface area (Å²) >= 11 is 5.90. The van der Waals surface area contributed by atoms with Crippen molar-refractivity contribution in [1.29, 1.82) is 0 Å². The van der Waals surface area contributed by atoms with Gasteiger partial charge < -0.3 is 8.83 Å². The van der Waals surface area contributed by atoms with Gasteiger partial charge in [0.2, 0.25) is 5.89 Å². The second kappa shape index (κ2) is 5.78. The number of benzene rings is 2. The van der Waals surface area contributed by atoms with Crippen LogP contribution in [0.3, 0.4) is 0 Å². The highest BCUT2D eigenvalue weighted by Gasteiger charge is 2.04. The van der Waals surface area contributed by atoms with Gasteiger partial charge in [0.1, 0.15) is 17.0 Å². The first-order valence-corrected chi connectivity index (χ1v) is 7.55. The number of hydrogen-bond acceptors (Lipinski definition) is 3. The Morgan fingerprint density at radius 3 is 2.48 bits per heavy atom. The second-order valence-electron chi connectivity index (χ2n) is 5.06. The zero-order valence-corrected chi connectivity index (χ0v) is 12.8. The number of aromatic nitrogens is 1. The third-order valence-electron chi connectivity index (χ3n) is 3.46. The van der Waals surface area contributed by atoms with Gasteiger partial charge in [0, 0.05) is 16.7 Å². The van der Waals surface area contributed by atoms with Crippen molar-refractivity contribution in [2.24, 2.45) is 0 Å². The Balaban J connectivity index is 1.58. The minimum Gasteiger partial charge on any atom is -0.457 e. The summed E-state index contributed by atoms with van der Waals surface area (Å²) in [4.78, 5) is 4.39. The highest BCUT2D eigenvalue weighted by molar-refractivity contribution is 6.30. The van der Waals surface area contributed by atoms with Crippen LogP contribution >= 0.6 is 11.6 Å². The van der Waals surface area contributed by atoms with Gasteiger partial charge in [-0.05, 0) is 54.6 Å². The molecule has 2 heterocycles. The zero-order valence-electron chi connectivity index (χ0n) is 12.1. The largest absolute Gasteiger partial charge is 0.457 e. The number of nitrogens with zero attached hydrogens (tertiary/aromatic N) is 1. The van der Waals surface area contributed by atoms with Crippen LogP contribution in [0.25, 0.3) is 34.6 Å². The zero-order chi connectivity index (χ0) is 15.6. The molecule has 2 aromatic carbocycles. The lowest BCUT2D eigenvalue weighted by Crippen LogP contribution is -1.72. The number of para-hydroxylation sites is 2. The first-order chi connectivity index (χ1) is 11.3. The molecule has 4 aromatic rings. The molecule has 0 radical (unpaired) electrons. The molecular formula is C19H12ClNO2. The lowest BCUT2D eigenvalue weighted by molar-refractivity contribution is 0.570. The van der Waals surface area contributed by atoms with Gasteiger partial charge in [-0.1, -0.05) is 23.7 Å². The summed E-state index contributed by atoms with van der Waals surface area (Å²) in [6.45, 7) is 0. The van der Waals surface area contributed by atoms with Crippen molar-refractivity contribution in [3.05, 3.63) is 77.3 Å². The molecule has 0 fully saturated rings. The quantitative estimate of drug-likeness (QED) is 0.470. The maximum absolute atomic E-state index is 5.90. The predicted octanol–water partition coefficient (Wildman–Crippen LogP) is 5.91. The summed E-state index contributed by atoms with van der Waals surface area (Å²) in [5.41, 5.74) is 2.60. The van der Waals surface area contributed by atoms with E-state index in [2.05, 4.69) is 4.98 Å². The summed E-state index contributed by atoms with van der Waals surface area (Å²) < 4.78 is 11.4. The molecule has 112 valence electrons. The highest BCUT2D eigenvalue weighted by Crippen LogP contribution is 2.25. The first-order valence-electron chi connectivity index (χ1n) is 7.17. The van der Waals surface area contributed by atoms with Crippen molar-refractivity contribution < 1.29 is 8.83 Å². The molecule has 4 heteroatoms. The lowest BCUT2D eigenvalue weighted by atomic mass is 10.2.